The second kappa shape index (κ2) is 5.92. The number of carbonyl (C=O) groups excluding carboxylic acids is 1. The molecule has 1 aliphatic rings. The Morgan fingerprint density at radius 2 is 1.85 bits per heavy atom. The van der Waals surface area contributed by atoms with Gasteiger partial charge in [0.15, 0.2) is 5.78 Å². The van der Waals surface area contributed by atoms with E-state index in [1.165, 1.54) is 6.07 Å². The molecular formula is C15H16ClFO3. The van der Waals surface area contributed by atoms with E-state index in [0.29, 0.717) is 0 Å². The van der Waals surface area contributed by atoms with Crippen LogP contribution in [0.1, 0.15) is 48.9 Å². The first-order valence-corrected chi connectivity index (χ1v) is 6.99. The zero-order valence-corrected chi connectivity index (χ0v) is 11.8. The van der Waals surface area contributed by atoms with Gasteiger partial charge in [-0.15, -0.1) is 0 Å². The number of carbonyl (C=O) groups is 2. The number of carboxylic acids is 1. The quantitative estimate of drug-likeness (QED) is 0.833. The number of benzene rings is 1. The highest BCUT2D eigenvalue weighted by Crippen LogP contribution is 2.44. The van der Waals surface area contributed by atoms with Crippen molar-refractivity contribution >= 4 is 23.4 Å². The number of aliphatic carboxylic acids is 1. The molecule has 0 atom stereocenters. The molecule has 0 bridgehead atoms. The number of halogens is 2. The van der Waals surface area contributed by atoms with Gasteiger partial charge in [-0.25, -0.2) is 4.39 Å². The molecule has 0 saturated heterocycles. The smallest absolute Gasteiger partial charge is 0.303 e. The summed E-state index contributed by atoms with van der Waals surface area (Å²) in [6.07, 6.45) is 3.46. The van der Waals surface area contributed by atoms with E-state index in [2.05, 4.69) is 0 Å². The van der Waals surface area contributed by atoms with E-state index in [0.717, 1.165) is 37.8 Å². The normalized spacial score (nSPS) is 17.1. The largest absolute Gasteiger partial charge is 0.481 e. The fraction of sp³-hybridized carbons (Fsp3) is 0.467. The van der Waals surface area contributed by atoms with Crippen molar-refractivity contribution in [3.63, 3.8) is 0 Å². The first kappa shape index (κ1) is 15.0. The van der Waals surface area contributed by atoms with Crippen molar-refractivity contribution < 1.29 is 19.1 Å². The van der Waals surface area contributed by atoms with E-state index in [1.807, 2.05) is 0 Å². The summed E-state index contributed by atoms with van der Waals surface area (Å²) in [5.74, 6) is -1.69. The minimum absolute atomic E-state index is 0.0121. The second-order valence-corrected chi connectivity index (χ2v) is 5.97. The minimum Gasteiger partial charge on any atom is -0.481 e. The summed E-state index contributed by atoms with van der Waals surface area (Å²) >= 11 is 5.74. The van der Waals surface area contributed by atoms with Crippen molar-refractivity contribution in [2.75, 3.05) is 0 Å². The lowest BCUT2D eigenvalue weighted by Gasteiger charge is -2.26. The van der Waals surface area contributed by atoms with Crippen LogP contribution >= 0.6 is 11.6 Å². The maximum Gasteiger partial charge on any atom is 0.303 e. The van der Waals surface area contributed by atoms with E-state index < -0.39 is 17.2 Å². The van der Waals surface area contributed by atoms with Gasteiger partial charge in [-0.1, -0.05) is 24.4 Å². The van der Waals surface area contributed by atoms with Crippen molar-refractivity contribution in [3.8, 4) is 0 Å². The lowest BCUT2D eigenvalue weighted by molar-refractivity contribution is -0.139. The highest BCUT2D eigenvalue weighted by atomic mass is 35.5. The van der Waals surface area contributed by atoms with E-state index in [-0.39, 0.29) is 29.2 Å². The van der Waals surface area contributed by atoms with Crippen LogP contribution in [-0.2, 0) is 4.79 Å². The van der Waals surface area contributed by atoms with Crippen LogP contribution in [0.2, 0.25) is 5.02 Å². The molecule has 1 N–H and O–H groups in total. The van der Waals surface area contributed by atoms with Gasteiger partial charge in [-0.05, 0) is 36.5 Å². The number of hydrogen-bond acceptors (Lipinski definition) is 2. The molecule has 108 valence electrons. The van der Waals surface area contributed by atoms with Crippen LogP contribution in [0, 0.1) is 11.2 Å². The summed E-state index contributed by atoms with van der Waals surface area (Å²) in [5, 5.41) is 9.19. The average molecular weight is 299 g/mol. The third-order valence-corrected chi connectivity index (χ3v) is 4.13. The second-order valence-electron chi connectivity index (χ2n) is 5.54. The average Bonchev–Trinajstić information content (AvgIpc) is 2.74. The van der Waals surface area contributed by atoms with Gasteiger partial charge in [0.25, 0.3) is 0 Å². The molecule has 0 amide bonds. The summed E-state index contributed by atoms with van der Waals surface area (Å²) in [6.45, 7) is 0. The van der Waals surface area contributed by atoms with Crippen LogP contribution in [-0.4, -0.2) is 16.9 Å². The van der Waals surface area contributed by atoms with Gasteiger partial charge in [-0.2, -0.15) is 0 Å². The van der Waals surface area contributed by atoms with E-state index >= 15 is 0 Å². The summed E-state index contributed by atoms with van der Waals surface area (Å²) in [4.78, 5) is 23.3. The number of hydrogen-bond donors (Lipinski definition) is 1. The summed E-state index contributed by atoms with van der Waals surface area (Å²) in [7, 11) is 0. The van der Waals surface area contributed by atoms with Gasteiger partial charge in [-0.3, -0.25) is 9.59 Å². The van der Waals surface area contributed by atoms with Gasteiger partial charge in [0.05, 0.1) is 6.42 Å². The number of rotatable bonds is 5. The van der Waals surface area contributed by atoms with Crippen molar-refractivity contribution in [1.82, 2.24) is 0 Å². The Balaban J connectivity index is 2.18. The van der Waals surface area contributed by atoms with Gasteiger partial charge in [0.1, 0.15) is 5.82 Å². The van der Waals surface area contributed by atoms with Gasteiger partial charge >= 0.3 is 5.97 Å². The molecule has 0 spiro atoms. The first-order valence-electron chi connectivity index (χ1n) is 6.61. The number of carboxylic acid groups (broad SMARTS) is 1. The molecule has 1 fully saturated rings. The summed E-state index contributed by atoms with van der Waals surface area (Å²) in [6, 6.07) is 3.72. The van der Waals surface area contributed by atoms with Gasteiger partial charge < -0.3 is 5.11 Å². The fourth-order valence-electron chi connectivity index (χ4n) is 3.02. The zero-order valence-electron chi connectivity index (χ0n) is 11.0. The molecule has 3 nitrogen and oxygen atoms in total. The first-order chi connectivity index (χ1) is 9.40. The molecule has 0 aromatic heterocycles. The SMILES string of the molecule is O=C(O)CC1(CC(=O)c2cc(F)cc(Cl)c2)CCCC1. The predicted molar refractivity (Wildman–Crippen MR) is 73.5 cm³/mol. The molecule has 1 saturated carbocycles. The molecular weight excluding hydrogens is 283 g/mol. The lowest BCUT2D eigenvalue weighted by Crippen LogP contribution is -2.24. The van der Waals surface area contributed by atoms with Crippen molar-refractivity contribution in [1.29, 1.82) is 0 Å². The maximum atomic E-state index is 13.3. The third kappa shape index (κ3) is 3.57. The molecule has 2 rings (SSSR count). The number of Topliss-reactive ketones (excluding diaryl/α,β-unsaturated/α-hetero) is 1. The van der Waals surface area contributed by atoms with E-state index in [9.17, 15) is 14.0 Å². The molecule has 20 heavy (non-hydrogen) atoms. The topological polar surface area (TPSA) is 54.4 Å². The van der Waals surface area contributed by atoms with Gasteiger partial charge in [0, 0.05) is 17.0 Å². The maximum absolute atomic E-state index is 13.3. The van der Waals surface area contributed by atoms with E-state index in [4.69, 9.17) is 16.7 Å². The molecule has 1 aromatic carbocycles. The van der Waals surface area contributed by atoms with Crippen LogP contribution in [0.25, 0.3) is 0 Å². The molecule has 0 unspecified atom stereocenters. The monoisotopic (exact) mass is 298 g/mol. The third-order valence-electron chi connectivity index (χ3n) is 3.91. The van der Waals surface area contributed by atoms with Gasteiger partial charge in [0.2, 0.25) is 0 Å². The Bertz CT molecular complexity index is 516. The molecule has 0 radical (unpaired) electrons. The van der Waals surface area contributed by atoms with Crippen LogP contribution in [0.5, 0.6) is 0 Å². The zero-order chi connectivity index (χ0) is 14.8. The highest BCUT2D eigenvalue weighted by Gasteiger charge is 2.38. The van der Waals surface area contributed by atoms with Crippen molar-refractivity contribution in [2.24, 2.45) is 5.41 Å². The summed E-state index contributed by atoms with van der Waals surface area (Å²) < 4.78 is 13.3. The standard InChI is InChI=1S/C15H16ClFO3/c16-11-5-10(6-12(17)7-11)13(18)8-15(9-14(19)20)3-1-2-4-15/h5-7H,1-4,8-9H2,(H,19,20). The Kier molecular flexibility index (Phi) is 4.43. The summed E-state index contributed by atoms with van der Waals surface area (Å²) in [5.41, 5.74) is -0.270. The van der Waals surface area contributed by atoms with Crippen LogP contribution < -0.4 is 0 Å². The number of ketones is 1. The molecule has 1 aliphatic carbocycles. The minimum atomic E-state index is -0.892. The molecule has 0 aliphatic heterocycles. The lowest BCUT2D eigenvalue weighted by atomic mass is 9.77. The molecule has 5 heteroatoms. The Labute approximate surface area is 121 Å². The van der Waals surface area contributed by atoms with Crippen LogP contribution in [0.4, 0.5) is 4.39 Å². The van der Waals surface area contributed by atoms with E-state index in [1.54, 1.807) is 0 Å². The predicted octanol–water partition coefficient (Wildman–Crippen LogP) is 4.09. The van der Waals surface area contributed by atoms with Crippen LogP contribution in [0.15, 0.2) is 18.2 Å². The molecule has 0 heterocycles. The Hall–Kier alpha value is -1.42. The van der Waals surface area contributed by atoms with Crippen molar-refractivity contribution in [2.45, 2.75) is 38.5 Å². The molecule has 1 aromatic rings. The fourth-order valence-corrected chi connectivity index (χ4v) is 3.24. The van der Waals surface area contributed by atoms with Crippen LogP contribution in [0.3, 0.4) is 0 Å². The Morgan fingerprint density at radius 1 is 1.20 bits per heavy atom. The Morgan fingerprint density at radius 3 is 2.40 bits per heavy atom. The highest BCUT2D eigenvalue weighted by molar-refractivity contribution is 6.31. The van der Waals surface area contributed by atoms with Crippen molar-refractivity contribution in [3.05, 3.63) is 34.6 Å².